The molecule has 0 aromatic heterocycles. The Morgan fingerprint density at radius 2 is 1.48 bits per heavy atom. The van der Waals surface area contributed by atoms with E-state index in [0.29, 0.717) is 24.5 Å². The molecule has 8 heteroatoms. The zero-order valence-electron chi connectivity index (χ0n) is 15.6. The Morgan fingerprint density at radius 1 is 0.897 bits per heavy atom. The van der Waals surface area contributed by atoms with E-state index in [1.165, 1.54) is 23.1 Å². The van der Waals surface area contributed by atoms with Crippen LogP contribution in [0.25, 0.3) is 0 Å². The number of nitrogens with zero attached hydrogens (tertiary/aromatic N) is 2. The molecule has 29 heavy (non-hydrogen) atoms. The number of aryl methyl sites for hydroxylation is 1. The fraction of sp³-hybridized carbons (Fsp3) is 0.333. The minimum Gasteiger partial charge on any atom is -0.339 e. The van der Waals surface area contributed by atoms with Crippen molar-refractivity contribution in [1.29, 1.82) is 0 Å². The lowest BCUT2D eigenvalue weighted by atomic mass is 10.1. The average molecular weight is 425 g/mol. The first kappa shape index (κ1) is 21.2. The van der Waals surface area contributed by atoms with Crippen molar-refractivity contribution in [3.8, 4) is 0 Å². The van der Waals surface area contributed by atoms with Crippen molar-refractivity contribution in [3.05, 3.63) is 70.2 Å². The molecule has 0 aliphatic carbocycles. The van der Waals surface area contributed by atoms with E-state index in [4.69, 9.17) is 11.6 Å². The Kier molecular flexibility index (Phi) is 6.47. The molecule has 1 fully saturated rings. The fourth-order valence-electron chi connectivity index (χ4n) is 3.35. The molecular formula is C21H20ClF3N2O2. The van der Waals surface area contributed by atoms with Crippen molar-refractivity contribution in [1.82, 2.24) is 9.80 Å². The molecular weight excluding hydrogens is 405 g/mol. The van der Waals surface area contributed by atoms with E-state index in [9.17, 15) is 22.8 Å². The summed E-state index contributed by atoms with van der Waals surface area (Å²) in [6, 6.07) is 12.1. The highest BCUT2D eigenvalue weighted by molar-refractivity contribution is 6.31. The summed E-state index contributed by atoms with van der Waals surface area (Å²) in [6.45, 7) is 0.980. The lowest BCUT2D eigenvalue weighted by molar-refractivity contribution is -0.138. The van der Waals surface area contributed by atoms with Gasteiger partial charge in [-0.25, -0.2) is 0 Å². The first-order valence-electron chi connectivity index (χ1n) is 9.24. The number of piperazine rings is 1. The second kappa shape index (κ2) is 8.86. The van der Waals surface area contributed by atoms with Crippen LogP contribution < -0.4 is 0 Å². The van der Waals surface area contributed by atoms with Crippen molar-refractivity contribution in [3.63, 3.8) is 0 Å². The van der Waals surface area contributed by atoms with Crippen LogP contribution in [0.5, 0.6) is 0 Å². The summed E-state index contributed by atoms with van der Waals surface area (Å²) in [6.07, 6.45) is -3.80. The van der Waals surface area contributed by atoms with Crippen molar-refractivity contribution < 1.29 is 22.8 Å². The van der Waals surface area contributed by atoms with Crippen LogP contribution in [0, 0.1) is 0 Å². The topological polar surface area (TPSA) is 40.6 Å². The highest BCUT2D eigenvalue weighted by Gasteiger charge is 2.36. The molecule has 4 nitrogen and oxygen atoms in total. The molecule has 154 valence electrons. The van der Waals surface area contributed by atoms with Gasteiger partial charge in [0.05, 0.1) is 11.1 Å². The number of rotatable bonds is 4. The van der Waals surface area contributed by atoms with Gasteiger partial charge in [-0.15, -0.1) is 0 Å². The Labute approximate surface area is 171 Å². The SMILES string of the molecule is O=C(CCc1ccccc1Cl)N1CCN(C(=O)c2ccccc2C(F)(F)F)CC1. The minimum atomic E-state index is -4.59. The van der Waals surface area contributed by atoms with Gasteiger partial charge in [-0.05, 0) is 30.2 Å². The molecule has 2 aromatic rings. The lowest BCUT2D eigenvalue weighted by Gasteiger charge is -2.35. The van der Waals surface area contributed by atoms with Crippen LogP contribution >= 0.6 is 11.6 Å². The standard InChI is InChI=1S/C21H20ClF3N2O2/c22-18-8-4-1-5-15(18)9-10-19(28)26-11-13-27(14-12-26)20(29)16-6-2-3-7-17(16)21(23,24)25/h1-8H,9-14H2. The Morgan fingerprint density at radius 3 is 2.14 bits per heavy atom. The monoisotopic (exact) mass is 424 g/mol. The van der Waals surface area contributed by atoms with Gasteiger partial charge in [0, 0.05) is 37.6 Å². The molecule has 0 unspecified atom stereocenters. The van der Waals surface area contributed by atoms with Gasteiger partial charge >= 0.3 is 6.18 Å². The van der Waals surface area contributed by atoms with Crippen molar-refractivity contribution >= 4 is 23.4 Å². The third kappa shape index (κ3) is 5.09. The number of carbonyl (C=O) groups is 2. The second-order valence-electron chi connectivity index (χ2n) is 6.81. The zero-order valence-corrected chi connectivity index (χ0v) is 16.3. The summed E-state index contributed by atoms with van der Waals surface area (Å²) in [7, 11) is 0. The van der Waals surface area contributed by atoms with Gasteiger partial charge in [0.1, 0.15) is 0 Å². The van der Waals surface area contributed by atoms with Gasteiger partial charge in [0.15, 0.2) is 0 Å². The van der Waals surface area contributed by atoms with Gasteiger partial charge in [-0.1, -0.05) is 41.9 Å². The largest absolute Gasteiger partial charge is 0.417 e. The molecule has 0 atom stereocenters. The number of benzene rings is 2. The maximum atomic E-state index is 13.2. The minimum absolute atomic E-state index is 0.0623. The van der Waals surface area contributed by atoms with Gasteiger partial charge in [0.25, 0.3) is 5.91 Å². The van der Waals surface area contributed by atoms with Crippen LogP contribution in [0.3, 0.4) is 0 Å². The van der Waals surface area contributed by atoms with Crippen molar-refractivity contribution in [2.45, 2.75) is 19.0 Å². The molecule has 2 aromatic carbocycles. The van der Waals surface area contributed by atoms with E-state index in [1.54, 1.807) is 11.0 Å². The van der Waals surface area contributed by atoms with Crippen molar-refractivity contribution in [2.24, 2.45) is 0 Å². The van der Waals surface area contributed by atoms with Crippen LogP contribution in [-0.4, -0.2) is 47.8 Å². The van der Waals surface area contributed by atoms with E-state index in [0.717, 1.165) is 11.6 Å². The van der Waals surface area contributed by atoms with E-state index in [-0.39, 0.29) is 31.0 Å². The lowest BCUT2D eigenvalue weighted by Crippen LogP contribution is -2.50. The van der Waals surface area contributed by atoms with Gasteiger partial charge in [-0.2, -0.15) is 13.2 Å². The quantitative estimate of drug-likeness (QED) is 0.735. The van der Waals surface area contributed by atoms with Crippen LogP contribution in [0.1, 0.15) is 27.9 Å². The summed E-state index contributed by atoms with van der Waals surface area (Å²) in [5.41, 5.74) is -0.415. The second-order valence-corrected chi connectivity index (χ2v) is 7.21. The Bertz CT molecular complexity index is 893. The highest BCUT2D eigenvalue weighted by atomic mass is 35.5. The molecule has 1 aliphatic heterocycles. The predicted octanol–water partition coefficient (Wildman–Crippen LogP) is 4.28. The maximum absolute atomic E-state index is 13.2. The van der Waals surface area contributed by atoms with E-state index in [2.05, 4.69) is 0 Å². The molecule has 2 amide bonds. The molecule has 0 spiro atoms. The molecule has 3 rings (SSSR count). The zero-order chi connectivity index (χ0) is 21.0. The molecule has 0 saturated carbocycles. The third-order valence-corrected chi connectivity index (χ3v) is 5.32. The Hall–Kier alpha value is -2.54. The number of alkyl halides is 3. The van der Waals surface area contributed by atoms with Gasteiger partial charge < -0.3 is 9.80 Å². The summed E-state index contributed by atoms with van der Waals surface area (Å²) in [4.78, 5) is 28.0. The Balaban J connectivity index is 1.57. The molecule has 1 heterocycles. The van der Waals surface area contributed by atoms with Gasteiger partial charge in [-0.3, -0.25) is 9.59 Å². The number of carbonyl (C=O) groups excluding carboxylic acids is 2. The first-order chi connectivity index (χ1) is 13.8. The molecule has 0 N–H and O–H groups in total. The smallest absolute Gasteiger partial charge is 0.339 e. The fourth-order valence-corrected chi connectivity index (χ4v) is 3.58. The normalized spacial score (nSPS) is 14.8. The van der Waals surface area contributed by atoms with Crippen LogP contribution in [0.4, 0.5) is 13.2 Å². The predicted molar refractivity (Wildman–Crippen MR) is 104 cm³/mol. The summed E-state index contributed by atoms with van der Waals surface area (Å²) >= 11 is 6.10. The molecule has 0 bridgehead atoms. The summed E-state index contributed by atoms with van der Waals surface area (Å²) < 4.78 is 39.5. The van der Waals surface area contributed by atoms with Crippen molar-refractivity contribution in [2.75, 3.05) is 26.2 Å². The summed E-state index contributed by atoms with van der Waals surface area (Å²) in [5, 5.41) is 0.610. The molecule has 1 aliphatic rings. The molecule has 0 radical (unpaired) electrons. The van der Waals surface area contributed by atoms with Crippen LogP contribution in [0.15, 0.2) is 48.5 Å². The number of hydrogen-bond donors (Lipinski definition) is 0. The highest BCUT2D eigenvalue weighted by Crippen LogP contribution is 2.32. The van der Waals surface area contributed by atoms with E-state index >= 15 is 0 Å². The first-order valence-corrected chi connectivity index (χ1v) is 9.62. The molecule has 1 saturated heterocycles. The third-order valence-electron chi connectivity index (χ3n) is 4.95. The maximum Gasteiger partial charge on any atom is 0.417 e. The van der Waals surface area contributed by atoms with Crippen LogP contribution in [0.2, 0.25) is 5.02 Å². The van der Waals surface area contributed by atoms with E-state index < -0.39 is 17.6 Å². The average Bonchev–Trinajstić information content (AvgIpc) is 2.72. The number of amides is 2. The van der Waals surface area contributed by atoms with Crippen LogP contribution in [-0.2, 0) is 17.4 Å². The summed E-state index contributed by atoms with van der Waals surface area (Å²) in [5.74, 6) is -0.728. The number of halogens is 4. The van der Waals surface area contributed by atoms with Gasteiger partial charge in [0.2, 0.25) is 5.91 Å². The van der Waals surface area contributed by atoms with E-state index in [1.807, 2.05) is 18.2 Å². The number of hydrogen-bond acceptors (Lipinski definition) is 2.